The SMILES string of the molecule is N#CC(CCC(=O)O)c1c(F)cccc1Cl. The molecule has 0 aliphatic rings. The quantitative estimate of drug-likeness (QED) is 0.882. The number of hydrogen-bond donors (Lipinski definition) is 1. The maximum Gasteiger partial charge on any atom is 0.303 e. The lowest BCUT2D eigenvalue weighted by molar-refractivity contribution is -0.137. The van der Waals surface area contributed by atoms with Crippen molar-refractivity contribution in [2.45, 2.75) is 18.8 Å². The van der Waals surface area contributed by atoms with E-state index < -0.39 is 17.7 Å². The van der Waals surface area contributed by atoms with Crippen LogP contribution in [0.3, 0.4) is 0 Å². The van der Waals surface area contributed by atoms with E-state index in [0.717, 1.165) is 0 Å². The van der Waals surface area contributed by atoms with Gasteiger partial charge in [-0.25, -0.2) is 4.39 Å². The second-order valence-corrected chi connectivity index (χ2v) is 3.66. The topological polar surface area (TPSA) is 61.1 Å². The van der Waals surface area contributed by atoms with E-state index in [1.807, 2.05) is 6.07 Å². The van der Waals surface area contributed by atoms with Crippen LogP contribution in [-0.4, -0.2) is 11.1 Å². The fourth-order valence-electron chi connectivity index (χ4n) is 1.38. The Balaban J connectivity index is 2.96. The zero-order valence-corrected chi connectivity index (χ0v) is 9.04. The molecule has 1 unspecified atom stereocenters. The van der Waals surface area contributed by atoms with Crippen molar-refractivity contribution in [2.24, 2.45) is 0 Å². The normalized spacial score (nSPS) is 11.8. The van der Waals surface area contributed by atoms with Crippen LogP contribution in [0.5, 0.6) is 0 Å². The van der Waals surface area contributed by atoms with Crippen LogP contribution in [-0.2, 0) is 4.79 Å². The van der Waals surface area contributed by atoms with Gasteiger partial charge in [-0.05, 0) is 18.6 Å². The van der Waals surface area contributed by atoms with Gasteiger partial charge in [0.15, 0.2) is 0 Å². The molecule has 0 heterocycles. The highest BCUT2D eigenvalue weighted by molar-refractivity contribution is 6.31. The van der Waals surface area contributed by atoms with Crippen molar-refractivity contribution in [3.63, 3.8) is 0 Å². The van der Waals surface area contributed by atoms with Gasteiger partial charge in [0.2, 0.25) is 0 Å². The average Bonchev–Trinajstić information content (AvgIpc) is 2.22. The molecule has 0 spiro atoms. The molecule has 0 bridgehead atoms. The lowest BCUT2D eigenvalue weighted by Gasteiger charge is -2.10. The van der Waals surface area contributed by atoms with Gasteiger partial charge < -0.3 is 5.11 Å². The highest BCUT2D eigenvalue weighted by atomic mass is 35.5. The number of nitriles is 1. The minimum absolute atomic E-state index is 0.0481. The fourth-order valence-corrected chi connectivity index (χ4v) is 1.68. The first-order valence-corrected chi connectivity index (χ1v) is 4.99. The Kier molecular flexibility index (Phi) is 4.27. The minimum Gasteiger partial charge on any atom is -0.481 e. The van der Waals surface area contributed by atoms with Gasteiger partial charge in [-0.3, -0.25) is 4.79 Å². The lowest BCUT2D eigenvalue weighted by Crippen LogP contribution is -2.04. The van der Waals surface area contributed by atoms with Gasteiger partial charge in [0.25, 0.3) is 0 Å². The first kappa shape index (κ1) is 12.5. The molecule has 1 aromatic rings. The van der Waals surface area contributed by atoms with Crippen LogP contribution in [0.25, 0.3) is 0 Å². The van der Waals surface area contributed by atoms with E-state index in [2.05, 4.69) is 0 Å². The monoisotopic (exact) mass is 241 g/mol. The van der Waals surface area contributed by atoms with Crippen molar-refractivity contribution in [1.29, 1.82) is 5.26 Å². The molecule has 0 fully saturated rings. The largest absolute Gasteiger partial charge is 0.481 e. The first-order valence-electron chi connectivity index (χ1n) is 4.61. The predicted molar refractivity (Wildman–Crippen MR) is 56.6 cm³/mol. The lowest BCUT2D eigenvalue weighted by atomic mass is 9.95. The molecule has 0 saturated heterocycles. The van der Waals surface area contributed by atoms with E-state index in [-0.39, 0.29) is 23.4 Å². The molecule has 3 nitrogen and oxygen atoms in total. The molecule has 0 radical (unpaired) electrons. The summed E-state index contributed by atoms with van der Waals surface area (Å²) < 4.78 is 13.4. The third-order valence-electron chi connectivity index (χ3n) is 2.15. The Morgan fingerprint density at radius 1 is 1.62 bits per heavy atom. The van der Waals surface area contributed by atoms with Crippen molar-refractivity contribution in [3.8, 4) is 6.07 Å². The molecule has 16 heavy (non-hydrogen) atoms. The Morgan fingerprint density at radius 3 is 2.81 bits per heavy atom. The van der Waals surface area contributed by atoms with Crippen LogP contribution in [0, 0.1) is 17.1 Å². The molecule has 0 aliphatic heterocycles. The van der Waals surface area contributed by atoms with Crippen molar-refractivity contribution in [2.75, 3.05) is 0 Å². The van der Waals surface area contributed by atoms with Crippen molar-refractivity contribution < 1.29 is 14.3 Å². The predicted octanol–water partition coefficient (Wildman–Crippen LogP) is 2.95. The molecule has 0 aromatic heterocycles. The van der Waals surface area contributed by atoms with Crippen LogP contribution in [0.4, 0.5) is 4.39 Å². The number of nitrogens with zero attached hydrogens (tertiary/aromatic N) is 1. The average molecular weight is 242 g/mol. The second kappa shape index (κ2) is 5.47. The Labute approximate surface area is 97.1 Å². The number of carbonyl (C=O) groups is 1. The van der Waals surface area contributed by atoms with Gasteiger partial charge in [-0.15, -0.1) is 0 Å². The van der Waals surface area contributed by atoms with Crippen LogP contribution in [0.15, 0.2) is 18.2 Å². The molecule has 0 aliphatic carbocycles. The van der Waals surface area contributed by atoms with E-state index in [4.69, 9.17) is 22.0 Å². The third kappa shape index (κ3) is 2.94. The van der Waals surface area contributed by atoms with Gasteiger partial charge in [-0.2, -0.15) is 5.26 Å². The van der Waals surface area contributed by atoms with E-state index in [1.54, 1.807) is 0 Å². The number of carboxylic acid groups (broad SMARTS) is 1. The van der Waals surface area contributed by atoms with Gasteiger partial charge >= 0.3 is 5.97 Å². The molecule has 1 aromatic carbocycles. The maximum absolute atomic E-state index is 13.4. The molecular formula is C11H9ClFNO2. The van der Waals surface area contributed by atoms with Crippen LogP contribution < -0.4 is 0 Å². The number of carboxylic acids is 1. The molecule has 84 valence electrons. The van der Waals surface area contributed by atoms with Gasteiger partial charge in [0, 0.05) is 17.0 Å². The number of hydrogen-bond acceptors (Lipinski definition) is 2. The summed E-state index contributed by atoms with van der Waals surface area (Å²) in [6, 6.07) is 5.98. The molecule has 0 amide bonds. The van der Waals surface area contributed by atoms with Gasteiger partial charge in [0.1, 0.15) is 5.82 Å². The Morgan fingerprint density at radius 2 is 2.31 bits per heavy atom. The van der Waals surface area contributed by atoms with E-state index in [0.29, 0.717) is 0 Å². The highest BCUT2D eigenvalue weighted by Gasteiger charge is 2.19. The molecule has 1 N–H and O–H groups in total. The van der Waals surface area contributed by atoms with Crippen molar-refractivity contribution >= 4 is 17.6 Å². The Hall–Kier alpha value is -1.60. The van der Waals surface area contributed by atoms with Crippen LogP contribution >= 0.6 is 11.6 Å². The summed E-state index contributed by atoms with van der Waals surface area (Å²) in [5, 5.41) is 17.5. The third-order valence-corrected chi connectivity index (χ3v) is 2.48. The first-order chi connectivity index (χ1) is 7.56. The molecular weight excluding hydrogens is 233 g/mol. The molecule has 1 rings (SSSR count). The summed E-state index contributed by atoms with van der Waals surface area (Å²) in [6.07, 6.45) is -0.143. The van der Waals surface area contributed by atoms with Crippen LogP contribution in [0.2, 0.25) is 5.02 Å². The standard InChI is InChI=1S/C11H9ClFNO2/c12-8-2-1-3-9(13)11(8)7(6-14)4-5-10(15)16/h1-3,7H,4-5H2,(H,15,16). The summed E-state index contributed by atoms with van der Waals surface area (Å²) in [5.41, 5.74) is 0.0768. The smallest absolute Gasteiger partial charge is 0.303 e. The highest BCUT2D eigenvalue weighted by Crippen LogP contribution is 2.29. The van der Waals surface area contributed by atoms with E-state index >= 15 is 0 Å². The van der Waals surface area contributed by atoms with Crippen LogP contribution in [0.1, 0.15) is 24.3 Å². The minimum atomic E-state index is -1.02. The van der Waals surface area contributed by atoms with Crippen molar-refractivity contribution in [1.82, 2.24) is 0 Å². The van der Waals surface area contributed by atoms with Crippen molar-refractivity contribution in [3.05, 3.63) is 34.6 Å². The summed E-state index contributed by atoms with van der Waals surface area (Å²) in [7, 11) is 0. The van der Waals surface area contributed by atoms with E-state index in [9.17, 15) is 9.18 Å². The summed E-state index contributed by atoms with van der Waals surface area (Å²) in [4.78, 5) is 10.4. The summed E-state index contributed by atoms with van der Waals surface area (Å²) >= 11 is 5.78. The second-order valence-electron chi connectivity index (χ2n) is 3.25. The fraction of sp³-hybridized carbons (Fsp3) is 0.273. The van der Waals surface area contributed by atoms with Gasteiger partial charge in [0.05, 0.1) is 12.0 Å². The summed E-state index contributed by atoms with van der Waals surface area (Å²) in [5.74, 6) is -2.43. The zero-order chi connectivity index (χ0) is 12.1. The maximum atomic E-state index is 13.4. The summed E-state index contributed by atoms with van der Waals surface area (Å²) in [6.45, 7) is 0. The molecule has 0 saturated carbocycles. The number of halogens is 2. The van der Waals surface area contributed by atoms with E-state index in [1.165, 1.54) is 18.2 Å². The number of aliphatic carboxylic acids is 1. The van der Waals surface area contributed by atoms with Gasteiger partial charge in [-0.1, -0.05) is 17.7 Å². The number of benzene rings is 1. The number of rotatable bonds is 4. The Bertz CT molecular complexity index is 422. The zero-order valence-electron chi connectivity index (χ0n) is 8.28. The molecule has 5 heteroatoms. The molecule has 1 atom stereocenters.